The van der Waals surface area contributed by atoms with Gasteiger partial charge in [-0.1, -0.05) is 12.1 Å². The van der Waals surface area contributed by atoms with E-state index < -0.39 is 30.7 Å². The van der Waals surface area contributed by atoms with E-state index in [1.807, 2.05) is 0 Å². The quantitative estimate of drug-likeness (QED) is 0.695. The Bertz CT molecular complexity index is 391. The molecule has 1 aliphatic heterocycles. The van der Waals surface area contributed by atoms with E-state index in [2.05, 4.69) is 6.92 Å². The normalized spacial score (nSPS) is 36.4. The van der Waals surface area contributed by atoms with Gasteiger partial charge < -0.3 is 24.8 Å². The molecule has 1 aromatic carbocycles. The van der Waals surface area contributed by atoms with Crippen LogP contribution in [-0.4, -0.2) is 46.0 Å². The molecule has 0 bridgehead atoms. The highest BCUT2D eigenvalue weighted by Crippen LogP contribution is 2.24. The maximum absolute atomic E-state index is 9.77. The summed E-state index contributed by atoms with van der Waals surface area (Å²) in [4.78, 5) is 0. The molecule has 5 atom stereocenters. The Labute approximate surface area is 106 Å². The number of rotatable bonds is 2. The third-order valence-electron chi connectivity index (χ3n) is 2.98. The molecule has 5 nitrogen and oxygen atoms in total. The first-order chi connectivity index (χ1) is 8.49. The van der Waals surface area contributed by atoms with Crippen LogP contribution in [-0.2, 0) is 4.74 Å². The van der Waals surface area contributed by atoms with E-state index in [0.29, 0.717) is 5.75 Å². The van der Waals surface area contributed by atoms with Crippen LogP contribution in [0.5, 0.6) is 5.75 Å². The number of benzene rings is 1. The average molecular weight is 253 g/mol. The van der Waals surface area contributed by atoms with E-state index in [4.69, 9.17) is 9.47 Å². The summed E-state index contributed by atoms with van der Waals surface area (Å²) in [5, 5.41) is 28.9. The number of aliphatic hydroxyl groups is 3. The van der Waals surface area contributed by atoms with Gasteiger partial charge in [-0.15, -0.1) is 0 Å². The fraction of sp³-hybridized carbons (Fsp3) is 0.462. The average Bonchev–Trinajstić information content (AvgIpc) is 2.36. The summed E-state index contributed by atoms with van der Waals surface area (Å²) in [5.41, 5.74) is 0.844. The van der Waals surface area contributed by atoms with Crippen molar-refractivity contribution in [1.82, 2.24) is 0 Å². The molecule has 1 radical (unpaired) electrons. The summed E-state index contributed by atoms with van der Waals surface area (Å²) in [5.74, 6) is 0.502. The summed E-state index contributed by atoms with van der Waals surface area (Å²) in [6.45, 7) is 5.35. The minimum atomic E-state index is -1.30. The summed E-state index contributed by atoms with van der Waals surface area (Å²) in [7, 11) is 0. The van der Waals surface area contributed by atoms with E-state index in [1.165, 1.54) is 0 Å². The lowest BCUT2D eigenvalue weighted by molar-refractivity contribution is -0.268. The van der Waals surface area contributed by atoms with Crippen LogP contribution in [0.4, 0.5) is 0 Å². The Morgan fingerprint density at radius 1 is 1.06 bits per heavy atom. The monoisotopic (exact) mass is 253 g/mol. The van der Waals surface area contributed by atoms with Crippen molar-refractivity contribution in [3.05, 3.63) is 36.8 Å². The molecule has 5 heteroatoms. The first-order valence-corrected chi connectivity index (χ1v) is 5.77. The second-order valence-electron chi connectivity index (χ2n) is 4.44. The predicted molar refractivity (Wildman–Crippen MR) is 63.9 cm³/mol. The SMILES string of the molecule is [CH2]c1ccc(OC2O[C@H](C)[C@@H](O)[C@H](O)[C@@H]2O)cc1. The molecule has 1 unspecified atom stereocenters. The van der Waals surface area contributed by atoms with Crippen LogP contribution in [0, 0.1) is 6.92 Å². The third kappa shape index (κ3) is 2.64. The molecular weight excluding hydrogens is 236 g/mol. The highest BCUT2D eigenvalue weighted by atomic mass is 16.7. The molecule has 0 spiro atoms. The van der Waals surface area contributed by atoms with Gasteiger partial charge in [0, 0.05) is 0 Å². The van der Waals surface area contributed by atoms with Crippen LogP contribution in [0.2, 0.25) is 0 Å². The molecule has 1 heterocycles. The molecule has 99 valence electrons. The minimum absolute atomic E-state index is 0.502. The Morgan fingerprint density at radius 3 is 2.28 bits per heavy atom. The molecule has 3 N–H and O–H groups in total. The summed E-state index contributed by atoms with van der Waals surface area (Å²) in [6, 6.07) is 6.92. The van der Waals surface area contributed by atoms with Crippen molar-refractivity contribution >= 4 is 0 Å². The molecule has 18 heavy (non-hydrogen) atoms. The zero-order chi connectivity index (χ0) is 13.3. The van der Waals surface area contributed by atoms with E-state index in [1.54, 1.807) is 31.2 Å². The minimum Gasteiger partial charge on any atom is -0.462 e. The summed E-state index contributed by atoms with van der Waals surface area (Å²) >= 11 is 0. The van der Waals surface area contributed by atoms with Gasteiger partial charge in [-0.25, -0.2) is 0 Å². The lowest BCUT2D eigenvalue weighted by atomic mass is 10.00. The Balaban J connectivity index is 2.06. The van der Waals surface area contributed by atoms with Crippen molar-refractivity contribution in [3.8, 4) is 5.75 Å². The van der Waals surface area contributed by atoms with E-state index >= 15 is 0 Å². The molecule has 2 rings (SSSR count). The molecule has 1 fully saturated rings. The number of ether oxygens (including phenoxy) is 2. The first-order valence-electron chi connectivity index (χ1n) is 5.77. The summed E-state index contributed by atoms with van der Waals surface area (Å²) in [6.07, 6.45) is -5.32. The van der Waals surface area contributed by atoms with Gasteiger partial charge in [0.05, 0.1) is 6.10 Å². The smallest absolute Gasteiger partial charge is 0.229 e. The van der Waals surface area contributed by atoms with Crippen molar-refractivity contribution in [3.63, 3.8) is 0 Å². The number of hydrogen-bond acceptors (Lipinski definition) is 5. The standard InChI is InChI=1S/C13H17O5/c1-7-3-5-9(6-4-7)18-13-12(16)11(15)10(14)8(2)17-13/h3-6,8,10-16H,1H2,2H3/t8-,10-,11+,12+,13?/m1/s1. The van der Waals surface area contributed by atoms with Crippen LogP contribution in [0.25, 0.3) is 0 Å². The zero-order valence-corrected chi connectivity index (χ0v) is 10.1. The molecule has 0 aliphatic carbocycles. The molecule has 1 saturated heterocycles. The van der Waals surface area contributed by atoms with E-state index in [0.717, 1.165) is 5.56 Å². The third-order valence-corrected chi connectivity index (χ3v) is 2.98. The van der Waals surface area contributed by atoms with Gasteiger partial charge >= 0.3 is 0 Å². The molecule has 0 aromatic heterocycles. The van der Waals surface area contributed by atoms with Crippen molar-refractivity contribution < 1.29 is 24.8 Å². The van der Waals surface area contributed by atoms with Crippen LogP contribution in [0.15, 0.2) is 24.3 Å². The Hall–Kier alpha value is -1.14. The molecule has 1 aliphatic rings. The first kappa shape index (κ1) is 13.3. The Kier molecular flexibility index (Phi) is 3.87. The highest BCUT2D eigenvalue weighted by Gasteiger charge is 2.43. The van der Waals surface area contributed by atoms with E-state index in [9.17, 15) is 15.3 Å². The van der Waals surface area contributed by atoms with Gasteiger partial charge in [0.15, 0.2) is 0 Å². The topological polar surface area (TPSA) is 79.2 Å². The maximum atomic E-state index is 9.77. The van der Waals surface area contributed by atoms with E-state index in [-0.39, 0.29) is 0 Å². The van der Waals surface area contributed by atoms with Crippen molar-refractivity contribution in [2.24, 2.45) is 0 Å². The zero-order valence-electron chi connectivity index (χ0n) is 10.1. The summed E-state index contributed by atoms with van der Waals surface area (Å²) < 4.78 is 10.8. The van der Waals surface area contributed by atoms with Crippen molar-refractivity contribution in [2.45, 2.75) is 37.6 Å². The van der Waals surface area contributed by atoms with Gasteiger partial charge in [-0.05, 0) is 31.5 Å². The van der Waals surface area contributed by atoms with Gasteiger partial charge in [0.2, 0.25) is 6.29 Å². The molecule has 0 saturated carbocycles. The second-order valence-corrected chi connectivity index (χ2v) is 4.44. The van der Waals surface area contributed by atoms with Gasteiger partial charge in [0.1, 0.15) is 24.1 Å². The van der Waals surface area contributed by atoms with Crippen molar-refractivity contribution in [2.75, 3.05) is 0 Å². The highest BCUT2D eigenvalue weighted by molar-refractivity contribution is 5.28. The molecular formula is C13H17O5. The van der Waals surface area contributed by atoms with Crippen LogP contribution >= 0.6 is 0 Å². The lowest BCUT2D eigenvalue weighted by Gasteiger charge is -2.38. The van der Waals surface area contributed by atoms with Gasteiger partial charge in [0.25, 0.3) is 0 Å². The maximum Gasteiger partial charge on any atom is 0.229 e. The fourth-order valence-corrected chi connectivity index (χ4v) is 1.81. The predicted octanol–water partition coefficient (Wildman–Crippen LogP) is 0.0751. The van der Waals surface area contributed by atoms with Crippen molar-refractivity contribution in [1.29, 1.82) is 0 Å². The van der Waals surface area contributed by atoms with Crippen LogP contribution in [0.3, 0.4) is 0 Å². The number of hydrogen-bond donors (Lipinski definition) is 3. The number of aliphatic hydroxyl groups excluding tert-OH is 3. The molecule has 1 aromatic rings. The van der Waals surface area contributed by atoms with Crippen LogP contribution in [0.1, 0.15) is 12.5 Å². The van der Waals surface area contributed by atoms with Gasteiger partial charge in [-0.3, -0.25) is 0 Å². The van der Waals surface area contributed by atoms with Gasteiger partial charge in [-0.2, -0.15) is 0 Å². The van der Waals surface area contributed by atoms with Crippen LogP contribution < -0.4 is 4.74 Å². The largest absolute Gasteiger partial charge is 0.462 e. The lowest BCUT2D eigenvalue weighted by Crippen LogP contribution is -2.58. The Morgan fingerprint density at radius 2 is 1.67 bits per heavy atom. The fourth-order valence-electron chi connectivity index (χ4n) is 1.81. The molecule has 0 amide bonds. The second kappa shape index (κ2) is 5.24.